The molecule has 0 aromatic rings. The first-order valence-corrected chi connectivity index (χ1v) is 33.7. The molecule has 0 aromatic carbocycles. The monoisotopic (exact) mass is 1120 g/mol. The number of ether oxygens (including phenoxy) is 3. The molecule has 460 valence electrons. The summed E-state index contributed by atoms with van der Waals surface area (Å²) in [5.41, 5.74) is 0. The van der Waals surface area contributed by atoms with Crippen LogP contribution in [-0.4, -0.2) is 37.2 Å². The van der Waals surface area contributed by atoms with Crippen molar-refractivity contribution in [2.24, 2.45) is 0 Å². The van der Waals surface area contributed by atoms with Crippen molar-refractivity contribution in [3.05, 3.63) is 134 Å². The number of allylic oxidation sites excluding steroid dienone is 22. The second-order valence-corrected chi connectivity index (χ2v) is 22.0. The maximum Gasteiger partial charge on any atom is 0.306 e. The fourth-order valence-corrected chi connectivity index (χ4v) is 9.19. The van der Waals surface area contributed by atoms with Crippen molar-refractivity contribution >= 4 is 17.9 Å². The van der Waals surface area contributed by atoms with Gasteiger partial charge in [0.1, 0.15) is 13.2 Å². The second-order valence-electron chi connectivity index (χ2n) is 22.0. The minimum absolute atomic E-state index is 0.101. The third-order valence-electron chi connectivity index (χ3n) is 14.2. The van der Waals surface area contributed by atoms with Gasteiger partial charge in [0.05, 0.1) is 0 Å². The minimum atomic E-state index is -0.812. The second kappa shape index (κ2) is 68.1. The first kappa shape index (κ1) is 76.5. The van der Waals surface area contributed by atoms with Crippen molar-refractivity contribution in [1.29, 1.82) is 0 Å². The largest absolute Gasteiger partial charge is 0.462 e. The molecule has 0 rings (SSSR count). The van der Waals surface area contributed by atoms with E-state index in [1.165, 1.54) is 141 Å². The molecular formula is C75H124O6. The molecule has 1 unspecified atom stereocenters. The van der Waals surface area contributed by atoms with Gasteiger partial charge in [-0.05, 0) is 109 Å². The van der Waals surface area contributed by atoms with Gasteiger partial charge in [-0.1, -0.05) is 309 Å². The number of carbonyl (C=O) groups excluding carboxylic acids is 3. The van der Waals surface area contributed by atoms with E-state index in [-0.39, 0.29) is 37.5 Å². The summed E-state index contributed by atoms with van der Waals surface area (Å²) < 4.78 is 16.9. The fraction of sp³-hybridized carbons (Fsp3) is 0.667. The van der Waals surface area contributed by atoms with Crippen LogP contribution in [0.15, 0.2) is 134 Å². The van der Waals surface area contributed by atoms with Crippen LogP contribution < -0.4 is 0 Å². The molecule has 0 bridgehead atoms. The van der Waals surface area contributed by atoms with Crippen molar-refractivity contribution in [3.8, 4) is 0 Å². The van der Waals surface area contributed by atoms with Crippen molar-refractivity contribution < 1.29 is 28.6 Å². The molecule has 0 spiro atoms. The van der Waals surface area contributed by atoms with E-state index in [0.717, 1.165) is 116 Å². The molecule has 6 heteroatoms. The van der Waals surface area contributed by atoms with E-state index in [9.17, 15) is 14.4 Å². The van der Waals surface area contributed by atoms with Gasteiger partial charge < -0.3 is 14.2 Å². The lowest BCUT2D eigenvalue weighted by Gasteiger charge is -2.18. The molecular weight excluding hydrogens is 997 g/mol. The smallest absolute Gasteiger partial charge is 0.306 e. The fourth-order valence-electron chi connectivity index (χ4n) is 9.19. The number of unbranched alkanes of at least 4 members (excludes halogenated alkanes) is 27. The number of rotatable bonds is 60. The van der Waals surface area contributed by atoms with Gasteiger partial charge in [0.2, 0.25) is 0 Å². The molecule has 0 saturated carbocycles. The lowest BCUT2D eigenvalue weighted by molar-refractivity contribution is -0.167. The number of hydrogen-bond acceptors (Lipinski definition) is 6. The number of esters is 3. The molecule has 0 aliphatic carbocycles. The van der Waals surface area contributed by atoms with E-state index in [1.807, 2.05) is 0 Å². The molecule has 0 fully saturated rings. The molecule has 0 aliphatic heterocycles. The summed E-state index contributed by atoms with van der Waals surface area (Å²) in [6, 6.07) is 0. The van der Waals surface area contributed by atoms with Crippen molar-refractivity contribution in [3.63, 3.8) is 0 Å². The molecule has 0 amide bonds. The maximum absolute atomic E-state index is 12.9. The van der Waals surface area contributed by atoms with Crippen LogP contribution in [0.3, 0.4) is 0 Å². The zero-order chi connectivity index (χ0) is 58.5. The van der Waals surface area contributed by atoms with Gasteiger partial charge in [0.25, 0.3) is 0 Å². The van der Waals surface area contributed by atoms with Gasteiger partial charge in [0.15, 0.2) is 6.10 Å². The average molecular weight is 1120 g/mol. The summed E-state index contributed by atoms with van der Waals surface area (Å²) in [5.74, 6) is -0.955. The zero-order valence-electron chi connectivity index (χ0n) is 52.8. The Labute approximate surface area is 500 Å². The van der Waals surface area contributed by atoms with Crippen LogP contribution in [-0.2, 0) is 28.6 Å². The Hall–Kier alpha value is -4.45. The molecule has 0 aromatic heterocycles. The molecule has 0 N–H and O–H groups in total. The minimum Gasteiger partial charge on any atom is -0.462 e. The zero-order valence-corrected chi connectivity index (χ0v) is 52.8. The third-order valence-corrected chi connectivity index (χ3v) is 14.2. The summed E-state index contributed by atoms with van der Waals surface area (Å²) in [6.45, 7) is 6.39. The Balaban J connectivity index is 4.39. The van der Waals surface area contributed by atoms with Crippen LogP contribution >= 0.6 is 0 Å². The van der Waals surface area contributed by atoms with Gasteiger partial charge in [-0.3, -0.25) is 14.4 Å². The first-order chi connectivity index (χ1) is 40.0. The molecule has 0 radical (unpaired) electrons. The molecule has 6 nitrogen and oxygen atoms in total. The van der Waals surface area contributed by atoms with Gasteiger partial charge in [-0.15, -0.1) is 0 Å². The lowest BCUT2D eigenvalue weighted by Crippen LogP contribution is -2.30. The standard InChI is InChI=1S/C75H124O6/c1-4-7-10-13-16-19-22-25-27-29-31-33-35-36-37-38-40-41-43-45-47-50-53-56-59-62-65-68-74(77)80-71-72(70-79-73(76)67-64-61-58-55-52-49-24-21-18-15-12-9-6-3)81-75(78)69-66-63-60-57-54-51-48-46-44-42-39-34-32-30-28-26-23-20-17-14-11-8-5-2/h7-8,10-11,16-17,19-20,25-28,31-34,42,44,48,51,57,60,72H,4-6,9,12-15,18,21-24,29-30,35-41,43,45-47,49-50,52-56,58-59,61-71H2,1-3H3/b10-7-,11-8-,19-16-,20-17-,27-25-,28-26-,33-31-,34-32-,44-42-,51-48-,60-57-. The van der Waals surface area contributed by atoms with E-state index in [4.69, 9.17) is 14.2 Å². The Kier molecular flexibility index (Phi) is 64.3. The quantitative estimate of drug-likeness (QED) is 0.0261. The van der Waals surface area contributed by atoms with E-state index < -0.39 is 6.10 Å². The molecule has 1 atom stereocenters. The SMILES string of the molecule is CC/C=C\C/C=C\C/C=C\C/C=C\C/C=C\C/C=C\C/C=C\CCCC(=O)OC(COC(=O)CCCCCCCCCCCCCCC)COC(=O)CCCCCCCCCCCCCCCC/C=C\C/C=C\C/C=C\C/C=C\CC. The lowest BCUT2D eigenvalue weighted by atomic mass is 10.0. The van der Waals surface area contributed by atoms with Gasteiger partial charge in [-0.2, -0.15) is 0 Å². The van der Waals surface area contributed by atoms with Crippen LogP contribution in [0.4, 0.5) is 0 Å². The molecule has 81 heavy (non-hydrogen) atoms. The van der Waals surface area contributed by atoms with Crippen molar-refractivity contribution in [2.75, 3.05) is 13.2 Å². The topological polar surface area (TPSA) is 78.9 Å². The third kappa shape index (κ3) is 66.2. The van der Waals surface area contributed by atoms with Gasteiger partial charge >= 0.3 is 17.9 Å². The highest BCUT2D eigenvalue weighted by atomic mass is 16.6. The Bertz CT molecular complexity index is 1720. The van der Waals surface area contributed by atoms with Crippen molar-refractivity contribution in [2.45, 2.75) is 309 Å². The van der Waals surface area contributed by atoms with Gasteiger partial charge in [-0.25, -0.2) is 0 Å². The Morgan fingerprint density at radius 1 is 0.259 bits per heavy atom. The number of hydrogen-bond donors (Lipinski definition) is 0. The maximum atomic E-state index is 12.9. The van der Waals surface area contributed by atoms with Gasteiger partial charge in [0, 0.05) is 19.3 Å². The summed E-state index contributed by atoms with van der Waals surface area (Å²) >= 11 is 0. The van der Waals surface area contributed by atoms with Crippen LogP contribution in [0.2, 0.25) is 0 Å². The normalized spacial score (nSPS) is 13.0. The van der Waals surface area contributed by atoms with Crippen LogP contribution in [0.1, 0.15) is 303 Å². The van der Waals surface area contributed by atoms with Crippen LogP contribution in [0, 0.1) is 0 Å². The van der Waals surface area contributed by atoms with E-state index in [0.29, 0.717) is 19.3 Å². The highest BCUT2D eigenvalue weighted by molar-refractivity contribution is 5.71. The van der Waals surface area contributed by atoms with Crippen molar-refractivity contribution in [1.82, 2.24) is 0 Å². The van der Waals surface area contributed by atoms with E-state index >= 15 is 0 Å². The molecule has 0 saturated heterocycles. The summed E-state index contributed by atoms with van der Waals surface area (Å²) in [5, 5.41) is 0. The summed E-state index contributed by atoms with van der Waals surface area (Å²) in [4.78, 5) is 38.4. The van der Waals surface area contributed by atoms with Crippen LogP contribution in [0.5, 0.6) is 0 Å². The van der Waals surface area contributed by atoms with Crippen LogP contribution in [0.25, 0.3) is 0 Å². The predicted octanol–water partition coefficient (Wildman–Crippen LogP) is 23.3. The number of carbonyl (C=O) groups is 3. The summed E-state index contributed by atoms with van der Waals surface area (Å²) in [7, 11) is 0. The van der Waals surface area contributed by atoms with E-state index in [1.54, 1.807) is 0 Å². The highest BCUT2D eigenvalue weighted by Gasteiger charge is 2.19. The first-order valence-electron chi connectivity index (χ1n) is 33.7. The summed E-state index contributed by atoms with van der Waals surface area (Å²) in [6.07, 6.45) is 96.1. The Morgan fingerprint density at radius 2 is 0.494 bits per heavy atom. The predicted molar refractivity (Wildman–Crippen MR) is 353 cm³/mol. The van der Waals surface area contributed by atoms with E-state index in [2.05, 4.69) is 154 Å². The highest BCUT2D eigenvalue weighted by Crippen LogP contribution is 2.16. The Morgan fingerprint density at radius 3 is 0.790 bits per heavy atom. The average Bonchev–Trinajstić information content (AvgIpc) is 3.46. The molecule has 0 heterocycles. The molecule has 0 aliphatic rings.